The summed E-state index contributed by atoms with van der Waals surface area (Å²) in [7, 11) is 1.34. The van der Waals surface area contributed by atoms with E-state index in [9.17, 15) is 29.1 Å². The van der Waals surface area contributed by atoms with Gasteiger partial charge in [-0.05, 0) is 94.1 Å². The van der Waals surface area contributed by atoms with Crippen LogP contribution >= 0.6 is 11.8 Å². The SMILES string of the molecule is Cc1cc(Oc2ccc(NC(=O)COc3ccc(CC4SC(=O)NC4=O)cc3)c(N(C)C(=O)O)c2)cc(C)c1NC(=O)OC(C)(C)C. The summed E-state index contributed by atoms with van der Waals surface area (Å²) in [5.74, 6) is 0.325. The molecule has 1 aliphatic heterocycles. The Kier molecular flexibility index (Phi) is 10.7. The van der Waals surface area contributed by atoms with Gasteiger partial charge in [-0.25, -0.2) is 9.59 Å². The third-order valence-electron chi connectivity index (χ3n) is 6.74. The Morgan fingerprint density at radius 2 is 1.57 bits per heavy atom. The van der Waals surface area contributed by atoms with Crippen LogP contribution in [0.4, 0.5) is 31.4 Å². The van der Waals surface area contributed by atoms with Gasteiger partial charge in [0.1, 0.15) is 22.8 Å². The van der Waals surface area contributed by atoms with Gasteiger partial charge in [-0.15, -0.1) is 0 Å². The lowest BCUT2D eigenvalue weighted by Crippen LogP contribution is -2.27. The van der Waals surface area contributed by atoms with E-state index in [2.05, 4.69) is 16.0 Å². The van der Waals surface area contributed by atoms with Crippen molar-refractivity contribution in [3.63, 3.8) is 0 Å². The van der Waals surface area contributed by atoms with E-state index in [0.717, 1.165) is 33.4 Å². The number of rotatable bonds is 10. The number of aryl methyl sites for hydroxylation is 2. The quantitative estimate of drug-likeness (QED) is 0.188. The van der Waals surface area contributed by atoms with Crippen LogP contribution < -0.4 is 30.3 Å². The standard InChI is InChI=1S/C33H36N4O9S/c1-18-13-23(14-19(2)28(18)35-30(40)46-33(3,4)5)45-22-11-12-24(25(16-22)37(6)32(42)43)34-27(38)17-44-21-9-7-20(8-10-21)15-26-29(39)36-31(41)47-26/h7-14,16,26H,15,17H2,1-6H3,(H,34,38)(H,35,40)(H,42,43)(H,36,39,41). The minimum atomic E-state index is -1.25. The molecule has 4 rings (SSSR count). The number of hydrogen-bond acceptors (Lipinski definition) is 9. The normalized spacial score (nSPS) is 14.2. The minimum absolute atomic E-state index is 0.164. The number of benzene rings is 3. The predicted molar refractivity (Wildman–Crippen MR) is 178 cm³/mol. The second-order valence-corrected chi connectivity index (χ2v) is 12.9. The summed E-state index contributed by atoms with van der Waals surface area (Å²) < 4.78 is 17.0. The molecule has 248 valence electrons. The summed E-state index contributed by atoms with van der Waals surface area (Å²) in [5.41, 5.74) is 2.60. The van der Waals surface area contributed by atoms with Gasteiger partial charge in [-0.3, -0.25) is 29.9 Å². The summed E-state index contributed by atoms with van der Waals surface area (Å²) in [6.45, 7) is 8.59. The summed E-state index contributed by atoms with van der Waals surface area (Å²) in [6, 6.07) is 14.8. The Hall–Kier alpha value is -5.24. The molecule has 1 fully saturated rings. The van der Waals surface area contributed by atoms with E-state index in [1.54, 1.807) is 63.2 Å². The van der Waals surface area contributed by atoms with E-state index in [1.807, 2.05) is 13.8 Å². The van der Waals surface area contributed by atoms with Gasteiger partial charge in [-0.1, -0.05) is 23.9 Å². The Morgan fingerprint density at radius 3 is 2.15 bits per heavy atom. The van der Waals surface area contributed by atoms with Crippen LogP contribution in [0.5, 0.6) is 17.2 Å². The lowest BCUT2D eigenvalue weighted by atomic mass is 10.1. The minimum Gasteiger partial charge on any atom is -0.484 e. The number of amides is 5. The average molecular weight is 665 g/mol. The Labute approximate surface area is 275 Å². The lowest BCUT2D eigenvalue weighted by molar-refractivity contribution is -0.119. The van der Waals surface area contributed by atoms with Crippen LogP contribution in [-0.4, -0.2) is 58.9 Å². The molecule has 0 aliphatic carbocycles. The molecule has 3 aromatic rings. The number of thioether (sulfide) groups is 1. The number of hydrogen-bond donors (Lipinski definition) is 4. The average Bonchev–Trinajstić information content (AvgIpc) is 3.29. The second kappa shape index (κ2) is 14.5. The van der Waals surface area contributed by atoms with Gasteiger partial charge in [0.25, 0.3) is 11.1 Å². The van der Waals surface area contributed by atoms with Crippen molar-refractivity contribution < 1.29 is 43.3 Å². The molecule has 1 saturated heterocycles. The maximum Gasteiger partial charge on any atom is 0.412 e. The van der Waals surface area contributed by atoms with Crippen LogP contribution in [0.2, 0.25) is 0 Å². The van der Waals surface area contributed by atoms with Crippen molar-refractivity contribution in [1.82, 2.24) is 5.32 Å². The molecule has 3 aromatic carbocycles. The van der Waals surface area contributed by atoms with Gasteiger partial charge >= 0.3 is 12.2 Å². The van der Waals surface area contributed by atoms with E-state index >= 15 is 0 Å². The molecule has 1 unspecified atom stereocenters. The van der Waals surface area contributed by atoms with Gasteiger partial charge in [0, 0.05) is 13.1 Å². The molecular weight excluding hydrogens is 628 g/mol. The number of ether oxygens (including phenoxy) is 3. The van der Waals surface area contributed by atoms with Crippen molar-refractivity contribution in [2.45, 2.75) is 51.9 Å². The van der Waals surface area contributed by atoms with E-state index < -0.39 is 28.9 Å². The first kappa shape index (κ1) is 34.6. The fourth-order valence-corrected chi connectivity index (χ4v) is 5.44. The van der Waals surface area contributed by atoms with Gasteiger partial charge in [0.05, 0.1) is 22.3 Å². The van der Waals surface area contributed by atoms with Crippen LogP contribution in [0.15, 0.2) is 54.6 Å². The number of carbonyl (C=O) groups is 5. The zero-order valence-electron chi connectivity index (χ0n) is 26.8. The highest BCUT2D eigenvalue weighted by Gasteiger charge is 2.31. The first-order valence-electron chi connectivity index (χ1n) is 14.5. The first-order chi connectivity index (χ1) is 22.1. The van der Waals surface area contributed by atoms with E-state index in [4.69, 9.17) is 14.2 Å². The number of anilines is 3. The molecule has 5 amide bonds. The number of nitrogens with one attached hydrogen (secondary N) is 3. The maximum atomic E-state index is 12.8. The monoisotopic (exact) mass is 664 g/mol. The summed E-state index contributed by atoms with van der Waals surface area (Å²) >= 11 is 0.950. The molecule has 0 spiro atoms. The molecule has 0 bridgehead atoms. The molecule has 0 saturated carbocycles. The number of carbonyl (C=O) groups excluding carboxylic acids is 4. The predicted octanol–water partition coefficient (Wildman–Crippen LogP) is 6.47. The third-order valence-corrected chi connectivity index (χ3v) is 7.72. The fourth-order valence-electron chi connectivity index (χ4n) is 4.58. The van der Waals surface area contributed by atoms with Gasteiger partial charge in [-0.2, -0.15) is 0 Å². The molecule has 4 N–H and O–H groups in total. The number of imide groups is 1. The topological polar surface area (TPSA) is 173 Å². The summed E-state index contributed by atoms with van der Waals surface area (Å²) in [6.07, 6.45) is -1.46. The largest absolute Gasteiger partial charge is 0.484 e. The lowest BCUT2D eigenvalue weighted by Gasteiger charge is -2.21. The Balaban J connectivity index is 1.41. The van der Waals surface area contributed by atoms with Crippen molar-refractivity contribution in [2.75, 3.05) is 29.2 Å². The highest BCUT2D eigenvalue weighted by Crippen LogP contribution is 2.35. The molecule has 1 aliphatic rings. The molecule has 13 nitrogen and oxygen atoms in total. The van der Waals surface area contributed by atoms with Crippen LogP contribution in [0.1, 0.15) is 37.5 Å². The summed E-state index contributed by atoms with van der Waals surface area (Å²) in [5, 5.41) is 16.5. The van der Waals surface area contributed by atoms with Crippen molar-refractivity contribution in [1.29, 1.82) is 0 Å². The first-order valence-corrected chi connectivity index (χ1v) is 15.4. The molecular formula is C33H36N4O9S. The molecule has 1 heterocycles. The van der Waals surface area contributed by atoms with Crippen LogP contribution in [0, 0.1) is 13.8 Å². The molecule has 47 heavy (non-hydrogen) atoms. The highest BCUT2D eigenvalue weighted by atomic mass is 32.2. The van der Waals surface area contributed by atoms with E-state index in [-0.39, 0.29) is 29.1 Å². The third kappa shape index (κ3) is 9.63. The van der Waals surface area contributed by atoms with Crippen LogP contribution in [0.3, 0.4) is 0 Å². The molecule has 0 radical (unpaired) electrons. The van der Waals surface area contributed by atoms with Crippen LogP contribution in [-0.2, 0) is 20.7 Å². The van der Waals surface area contributed by atoms with Gasteiger partial charge < -0.3 is 24.6 Å². The van der Waals surface area contributed by atoms with Gasteiger partial charge in [0.15, 0.2) is 6.61 Å². The van der Waals surface area contributed by atoms with E-state index in [1.165, 1.54) is 19.2 Å². The summed E-state index contributed by atoms with van der Waals surface area (Å²) in [4.78, 5) is 61.1. The fraction of sp³-hybridized carbons (Fsp3) is 0.303. The molecule has 1 atom stereocenters. The van der Waals surface area contributed by atoms with Crippen molar-refractivity contribution in [2.24, 2.45) is 0 Å². The van der Waals surface area contributed by atoms with Crippen LogP contribution in [0.25, 0.3) is 0 Å². The maximum absolute atomic E-state index is 12.8. The molecule has 0 aromatic heterocycles. The zero-order chi connectivity index (χ0) is 34.5. The Bertz CT molecular complexity index is 1680. The smallest absolute Gasteiger partial charge is 0.412 e. The number of nitrogens with zero attached hydrogens (tertiary/aromatic N) is 1. The highest BCUT2D eigenvalue weighted by molar-refractivity contribution is 8.15. The van der Waals surface area contributed by atoms with Crippen molar-refractivity contribution in [3.05, 3.63) is 71.3 Å². The number of carboxylic acid groups (broad SMARTS) is 1. The second-order valence-electron chi connectivity index (χ2n) is 11.7. The van der Waals surface area contributed by atoms with E-state index in [0.29, 0.717) is 29.4 Å². The van der Waals surface area contributed by atoms with Crippen molar-refractivity contribution in [3.8, 4) is 17.2 Å². The van der Waals surface area contributed by atoms with Gasteiger partial charge in [0.2, 0.25) is 5.91 Å². The molecule has 14 heteroatoms. The zero-order valence-corrected chi connectivity index (χ0v) is 27.6. The Morgan fingerprint density at radius 1 is 0.936 bits per heavy atom. The van der Waals surface area contributed by atoms with Crippen molar-refractivity contribution >= 4 is 58.1 Å².